The van der Waals surface area contributed by atoms with E-state index in [-0.39, 0.29) is 11.2 Å². The minimum atomic E-state index is -0.319. The Morgan fingerprint density at radius 2 is 1.88 bits per heavy atom. The molecule has 0 spiro atoms. The number of ether oxygens (including phenoxy) is 2. The zero-order chi connectivity index (χ0) is 13.1. The summed E-state index contributed by atoms with van der Waals surface area (Å²) in [5.41, 5.74) is 0.124. The van der Waals surface area contributed by atoms with Crippen LogP contribution in [0, 0.1) is 11.3 Å². The van der Waals surface area contributed by atoms with Crippen molar-refractivity contribution in [2.45, 2.75) is 79.1 Å². The quantitative estimate of drug-likeness (QED) is 0.712. The molecule has 0 amide bonds. The molecule has 1 fully saturated rings. The fourth-order valence-electron chi connectivity index (χ4n) is 2.80. The van der Waals surface area contributed by atoms with E-state index in [4.69, 9.17) is 9.47 Å². The van der Waals surface area contributed by atoms with Crippen LogP contribution in [0.15, 0.2) is 0 Å². The molecule has 1 aliphatic rings. The fraction of sp³-hybridized carbons (Fsp3) is 1.00. The minimum Gasteiger partial charge on any atom is -0.349 e. The van der Waals surface area contributed by atoms with Crippen molar-refractivity contribution in [3.05, 3.63) is 0 Å². The van der Waals surface area contributed by atoms with Crippen LogP contribution in [0.25, 0.3) is 0 Å². The van der Waals surface area contributed by atoms with Gasteiger partial charge in [-0.3, -0.25) is 0 Å². The summed E-state index contributed by atoms with van der Waals surface area (Å²) in [6.45, 7) is 14.2. The number of hydrogen-bond donors (Lipinski definition) is 0. The lowest BCUT2D eigenvalue weighted by molar-refractivity contribution is -0.340. The Morgan fingerprint density at radius 1 is 1.24 bits per heavy atom. The largest absolute Gasteiger partial charge is 0.349 e. The third-order valence-corrected chi connectivity index (χ3v) is 3.87. The molecule has 1 rings (SSSR count). The summed E-state index contributed by atoms with van der Waals surface area (Å²) < 4.78 is 12.5. The maximum Gasteiger partial charge on any atom is 0.168 e. The molecule has 0 aliphatic carbocycles. The van der Waals surface area contributed by atoms with Crippen molar-refractivity contribution in [1.29, 1.82) is 0 Å². The number of rotatable bonds is 5. The average molecular weight is 242 g/mol. The zero-order valence-electron chi connectivity index (χ0n) is 12.5. The van der Waals surface area contributed by atoms with Gasteiger partial charge in [-0.05, 0) is 18.8 Å². The Balaban J connectivity index is 2.77. The van der Waals surface area contributed by atoms with Gasteiger partial charge in [-0.25, -0.2) is 0 Å². The molecular weight excluding hydrogens is 212 g/mol. The number of unbranched alkanes of at least 4 members (excludes halogenated alkanes) is 1. The third kappa shape index (κ3) is 3.45. The van der Waals surface area contributed by atoms with Crippen LogP contribution in [0.5, 0.6) is 0 Å². The molecule has 0 saturated carbocycles. The molecule has 2 heteroatoms. The molecule has 1 heterocycles. The first-order chi connectivity index (χ1) is 7.87. The summed E-state index contributed by atoms with van der Waals surface area (Å²) in [6.07, 6.45) is 4.66. The maximum atomic E-state index is 6.38. The van der Waals surface area contributed by atoms with Crippen LogP contribution >= 0.6 is 0 Å². The van der Waals surface area contributed by atoms with Crippen LogP contribution in [-0.2, 0) is 9.47 Å². The van der Waals surface area contributed by atoms with E-state index in [9.17, 15) is 0 Å². The van der Waals surface area contributed by atoms with E-state index >= 15 is 0 Å². The molecule has 17 heavy (non-hydrogen) atoms. The van der Waals surface area contributed by atoms with E-state index in [0.717, 1.165) is 19.4 Å². The van der Waals surface area contributed by atoms with Crippen molar-refractivity contribution < 1.29 is 9.47 Å². The van der Waals surface area contributed by atoms with Gasteiger partial charge in [-0.2, -0.15) is 0 Å². The Kier molecular flexibility index (Phi) is 5.03. The monoisotopic (exact) mass is 242 g/mol. The lowest BCUT2D eigenvalue weighted by Gasteiger charge is -2.50. The molecule has 0 radical (unpaired) electrons. The van der Waals surface area contributed by atoms with Gasteiger partial charge in [0.15, 0.2) is 5.79 Å². The summed E-state index contributed by atoms with van der Waals surface area (Å²) in [7, 11) is 0. The molecule has 2 atom stereocenters. The van der Waals surface area contributed by atoms with Gasteiger partial charge in [0.05, 0.1) is 12.7 Å². The smallest absolute Gasteiger partial charge is 0.168 e. The molecule has 0 bridgehead atoms. The summed E-state index contributed by atoms with van der Waals surface area (Å²) in [6, 6.07) is 0. The lowest BCUT2D eigenvalue weighted by atomic mass is 9.79. The lowest BCUT2D eigenvalue weighted by Crippen LogP contribution is -2.54. The molecule has 0 aromatic heterocycles. The van der Waals surface area contributed by atoms with Crippen LogP contribution in [0.1, 0.15) is 67.2 Å². The van der Waals surface area contributed by atoms with E-state index < -0.39 is 0 Å². The van der Waals surface area contributed by atoms with Gasteiger partial charge < -0.3 is 9.47 Å². The van der Waals surface area contributed by atoms with Crippen molar-refractivity contribution in [2.24, 2.45) is 11.3 Å². The summed E-state index contributed by atoms with van der Waals surface area (Å²) >= 11 is 0. The Bertz CT molecular complexity index is 235. The molecule has 2 nitrogen and oxygen atoms in total. The van der Waals surface area contributed by atoms with E-state index in [1.165, 1.54) is 12.8 Å². The van der Waals surface area contributed by atoms with Gasteiger partial charge in [0.2, 0.25) is 0 Å². The van der Waals surface area contributed by atoms with Gasteiger partial charge in [0.25, 0.3) is 0 Å². The second-order valence-electron chi connectivity index (χ2n) is 6.43. The van der Waals surface area contributed by atoms with Crippen molar-refractivity contribution in [1.82, 2.24) is 0 Å². The van der Waals surface area contributed by atoms with Gasteiger partial charge >= 0.3 is 0 Å². The van der Waals surface area contributed by atoms with Crippen LogP contribution in [0.4, 0.5) is 0 Å². The van der Waals surface area contributed by atoms with Crippen LogP contribution in [0.2, 0.25) is 0 Å². The second-order valence-corrected chi connectivity index (χ2v) is 6.43. The highest BCUT2D eigenvalue weighted by Crippen LogP contribution is 2.41. The van der Waals surface area contributed by atoms with Crippen molar-refractivity contribution in [3.63, 3.8) is 0 Å². The Labute approximate surface area is 107 Å². The minimum absolute atomic E-state index is 0.124. The van der Waals surface area contributed by atoms with Gasteiger partial charge in [-0.15, -0.1) is 0 Å². The van der Waals surface area contributed by atoms with Gasteiger partial charge in [0, 0.05) is 11.8 Å². The first-order valence-electron chi connectivity index (χ1n) is 7.18. The highest BCUT2D eigenvalue weighted by atomic mass is 16.7. The first kappa shape index (κ1) is 15.0. The molecule has 2 unspecified atom stereocenters. The predicted molar refractivity (Wildman–Crippen MR) is 72.0 cm³/mol. The van der Waals surface area contributed by atoms with Gasteiger partial charge in [-0.1, -0.05) is 48.0 Å². The molecular formula is C15H30O2. The van der Waals surface area contributed by atoms with Gasteiger partial charge in [0.1, 0.15) is 0 Å². The van der Waals surface area contributed by atoms with Crippen molar-refractivity contribution in [3.8, 4) is 0 Å². The van der Waals surface area contributed by atoms with Crippen LogP contribution in [0.3, 0.4) is 0 Å². The van der Waals surface area contributed by atoms with E-state index in [2.05, 4.69) is 41.5 Å². The topological polar surface area (TPSA) is 18.5 Å². The normalized spacial score (nSPS) is 33.0. The molecule has 1 aliphatic heterocycles. The summed E-state index contributed by atoms with van der Waals surface area (Å²) in [5, 5.41) is 0. The highest BCUT2D eigenvalue weighted by molar-refractivity contribution is 4.88. The highest BCUT2D eigenvalue weighted by Gasteiger charge is 2.46. The molecule has 0 aromatic carbocycles. The third-order valence-electron chi connectivity index (χ3n) is 3.87. The van der Waals surface area contributed by atoms with E-state index in [1.807, 2.05) is 0 Å². The first-order valence-corrected chi connectivity index (χ1v) is 7.18. The van der Waals surface area contributed by atoms with Crippen molar-refractivity contribution in [2.75, 3.05) is 6.61 Å². The van der Waals surface area contributed by atoms with E-state index in [1.54, 1.807) is 0 Å². The van der Waals surface area contributed by atoms with Crippen molar-refractivity contribution >= 4 is 0 Å². The Hall–Kier alpha value is -0.0800. The zero-order valence-corrected chi connectivity index (χ0v) is 12.5. The standard InChI is InChI=1S/C15H30O2/c1-7-9-10-15(8-2)16-11-14(5,6)13(17-15)12(3)4/h12-13H,7-11H2,1-6H3. The maximum absolute atomic E-state index is 6.38. The average Bonchev–Trinajstić information content (AvgIpc) is 2.28. The molecule has 1 saturated heterocycles. The van der Waals surface area contributed by atoms with Crippen LogP contribution in [-0.4, -0.2) is 18.5 Å². The fourth-order valence-corrected chi connectivity index (χ4v) is 2.80. The van der Waals surface area contributed by atoms with Crippen LogP contribution < -0.4 is 0 Å². The second kappa shape index (κ2) is 5.71. The Morgan fingerprint density at radius 3 is 2.35 bits per heavy atom. The molecule has 102 valence electrons. The SMILES string of the molecule is CCCCC1(CC)OCC(C)(C)C(C(C)C)O1. The van der Waals surface area contributed by atoms with E-state index in [0.29, 0.717) is 12.0 Å². The molecule has 0 aromatic rings. The predicted octanol–water partition coefficient (Wildman–Crippen LogP) is 4.38. The molecule has 0 N–H and O–H groups in total. The summed E-state index contributed by atoms with van der Waals surface area (Å²) in [5.74, 6) is 0.224. The summed E-state index contributed by atoms with van der Waals surface area (Å²) in [4.78, 5) is 0. The number of hydrogen-bond acceptors (Lipinski definition) is 2.